The average Bonchev–Trinajstić information content (AvgIpc) is 3.22. The number of fused-ring (bicyclic) bond motifs is 3. The summed E-state index contributed by atoms with van der Waals surface area (Å²) in [6.07, 6.45) is 0.662. The number of carboxylic acids is 1. The maximum atomic E-state index is 13.5. The van der Waals surface area contributed by atoms with Gasteiger partial charge in [-0.2, -0.15) is 0 Å². The van der Waals surface area contributed by atoms with Crippen molar-refractivity contribution in [3.05, 3.63) is 98.7 Å². The normalized spacial score (nSPS) is 14.0. The number of H-pyrrole nitrogens is 1. The second-order valence-electron chi connectivity index (χ2n) is 8.81. The molecule has 35 heavy (non-hydrogen) atoms. The molecule has 8 heteroatoms. The van der Waals surface area contributed by atoms with Crippen LogP contribution in [0.5, 0.6) is 5.75 Å². The molecule has 5 rings (SSSR count). The molecule has 0 aliphatic carbocycles. The Hall–Kier alpha value is -4.33. The highest BCUT2D eigenvalue weighted by Crippen LogP contribution is 2.35. The van der Waals surface area contributed by atoms with Crippen LogP contribution in [0.25, 0.3) is 10.9 Å². The van der Waals surface area contributed by atoms with Crippen molar-refractivity contribution < 1.29 is 24.2 Å². The summed E-state index contributed by atoms with van der Waals surface area (Å²) < 4.78 is 5.72. The Morgan fingerprint density at radius 1 is 1.14 bits per heavy atom. The first kappa shape index (κ1) is 22.5. The lowest BCUT2D eigenvalue weighted by Gasteiger charge is -2.29. The summed E-state index contributed by atoms with van der Waals surface area (Å²) in [4.78, 5) is 42.2. The summed E-state index contributed by atoms with van der Waals surface area (Å²) >= 11 is 0. The number of nitrogens with zero attached hydrogens (tertiary/aromatic N) is 1. The highest BCUT2D eigenvalue weighted by atomic mass is 16.4. The monoisotopic (exact) mass is 472 g/mol. The Kier molecular flexibility index (Phi) is 5.64. The van der Waals surface area contributed by atoms with Crippen LogP contribution in [0.1, 0.15) is 51.0 Å². The number of benzene rings is 2. The second-order valence-corrected chi connectivity index (χ2v) is 8.81. The van der Waals surface area contributed by atoms with Crippen molar-refractivity contribution in [1.82, 2.24) is 9.88 Å². The van der Waals surface area contributed by atoms with Crippen LogP contribution in [0.15, 0.2) is 63.8 Å². The van der Waals surface area contributed by atoms with Crippen LogP contribution in [-0.4, -0.2) is 38.5 Å². The number of amides is 1. The average molecular weight is 472 g/mol. The molecule has 1 amide bonds. The van der Waals surface area contributed by atoms with Gasteiger partial charge in [0.15, 0.2) is 5.76 Å². The molecule has 0 spiro atoms. The van der Waals surface area contributed by atoms with E-state index in [0.717, 1.165) is 16.6 Å². The van der Waals surface area contributed by atoms with E-state index in [4.69, 9.17) is 4.42 Å². The number of rotatable bonds is 5. The van der Waals surface area contributed by atoms with Gasteiger partial charge < -0.3 is 24.5 Å². The van der Waals surface area contributed by atoms with E-state index in [1.165, 1.54) is 23.8 Å². The number of para-hydroxylation sites is 1. The first-order valence-corrected chi connectivity index (χ1v) is 11.3. The van der Waals surface area contributed by atoms with Gasteiger partial charge in [0.25, 0.3) is 0 Å². The van der Waals surface area contributed by atoms with Crippen molar-refractivity contribution in [2.75, 3.05) is 6.54 Å². The lowest BCUT2D eigenvalue weighted by Crippen LogP contribution is -2.36. The minimum Gasteiger partial charge on any atom is -0.502 e. The SMILES string of the molecule is Cc1cc(=O)c(O)c([C@H](CC(=O)N2CCc3c([nH]c4ccccc34)C2)c2ccc(C(=O)O)cc2)o1. The molecule has 3 heterocycles. The number of carbonyl (C=O) groups is 2. The van der Waals surface area contributed by atoms with E-state index < -0.39 is 23.1 Å². The molecule has 1 aliphatic heterocycles. The Morgan fingerprint density at radius 3 is 2.63 bits per heavy atom. The molecule has 1 atom stereocenters. The van der Waals surface area contributed by atoms with Crippen molar-refractivity contribution >= 4 is 22.8 Å². The molecular formula is C27H24N2O6. The molecule has 3 N–H and O–H groups in total. The third kappa shape index (κ3) is 4.19. The van der Waals surface area contributed by atoms with Gasteiger partial charge in [-0.3, -0.25) is 9.59 Å². The summed E-state index contributed by atoms with van der Waals surface area (Å²) in [5, 5.41) is 20.9. The lowest BCUT2D eigenvalue weighted by atomic mass is 9.90. The van der Waals surface area contributed by atoms with Gasteiger partial charge in [0, 0.05) is 35.6 Å². The van der Waals surface area contributed by atoms with E-state index in [1.54, 1.807) is 24.0 Å². The van der Waals surface area contributed by atoms with Gasteiger partial charge in [-0.15, -0.1) is 0 Å². The summed E-state index contributed by atoms with van der Waals surface area (Å²) in [7, 11) is 0. The van der Waals surface area contributed by atoms with Gasteiger partial charge in [0.05, 0.1) is 18.0 Å². The molecule has 178 valence electrons. The van der Waals surface area contributed by atoms with Crippen LogP contribution in [0.2, 0.25) is 0 Å². The van der Waals surface area contributed by atoms with Gasteiger partial charge in [0.1, 0.15) is 5.76 Å². The molecule has 0 bridgehead atoms. The highest BCUT2D eigenvalue weighted by Gasteiger charge is 2.30. The minimum atomic E-state index is -1.07. The molecule has 2 aromatic carbocycles. The predicted molar refractivity (Wildman–Crippen MR) is 129 cm³/mol. The van der Waals surface area contributed by atoms with E-state index in [9.17, 15) is 24.6 Å². The van der Waals surface area contributed by atoms with E-state index >= 15 is 0 Å². The molecule has 0 saturated carbocycles. The van der Waals surface area contributed by atoms with Crippen molar-refractivity contribution in [3.8, 4) is 5.75 Å². The fourth-order valence-electron chi connectivity index (χ4n) is 4.79. The van der Waals surface area contributed by atoms with Gasteiger partial charge in [-0.05, 0) is 42.7 Å². The molecule has 0 fully saturated rings. The fraction of sp³-hybridized carbons (Fsp3) is 0.222. The smallest absolute Gasteiger partial charge is 0.335 e. The molecule has 0 radical (unpaired) electrons. The topological polar surface area (TPSA) is 124 Å². The van der Waals surface area contributed by atoms with Crippen LogP contribution in [0.4, 0.5) is 0 Å². The number of nitrogens with one attached hydrogen (secondary N) is 1. The first-order chi connectivity index (χ1) is 16.8. The molecule has 4 aromatic rings. The number of aromatic carboxylic acids is 1. The van der Waals surface area contributed by atoms with Crippen LogP contribution in [0.3, 0.4) is 0 Å². The minimum absolute atomic E-state index is 0.00487. The van der Waals surface area contributed by atoms with Crippen LogP contribution in [-0.2, 0) is 17.8 Å². The van der Waals surface area contributed by atoms with Gasteiger partial charge in [0.2, 0.25) is 17.1 Å². The Balaban J connectivity index is 1.47. The van der Waals surface area contributed by atoms with E-state index in [1.807, 2.05) is 18.2 Å². The van der Waals surface area contributed by atoms with Gasteiger partial charge in [-0.25, -0.2) is 4.79 Å². The van der Waals surface area contributed by atoms with Crippen molar-refractivity contribution in [2.24, 2.45) is 0 Å². The third-order valence-corrected chi connectivity index (χ3v) is 6.56. The number of carbonyl (C=O) groups excluding carboxylic acids is 1. The zero-order valence-electron chi connectivity index (χ0n) is 19.1. The number of carboxylic acid groups (broad SMARTS) is 1. The lowest BCUT2D eigenvalue weighted by molar-refractivity contribution is -0.132. The Labute approximate surface area is 200 Å². The maximum Gasteiger partial charge on any atom is 0.335 e. The predicted octanol–water partition coefficient (Wildman–Crippen LogP) is 3.94. The molecule has 8 nitrogen and oxygen atoms in total. The van der Waals surface area contributed by atoms with Crippen LogP contribution < -0.4 is 5.43 Å². The number of hydrogen-bond acceptors (Lipinski definition) is 5. The van der Waals surface area contributed by atoms with E-state index in [0.29, 0.717) is 30.8 Å². The van der Waals surface area contributed by atoms with Crippen LogP contribution in [0, 0.1) is 6.92 Å². The molecule has 1 aliphatic rings. The summed E-state index contributed by atoms with van der Waals surface area (Å²) in [6, 6.07) is 15.2. The highest BCUT2D eigenvalue weighted by molar-refractivity contribution is 5.88. The number of aromatic hydroxyl groups is 1. The summed E-state index contributed by atoms with van der Waals surface area (Å²) in [5.41, 5.74) is 3.32. The largest absolute Gasteiger partial charge is 0.502 e. The number of hydrogen-bond donors (Lipinski definition) is 3. The van der Waals surface area contributed by atoms with Crippen molar-refractivity contribution in [3.63, 3.8) is 0 Å². The zero-order chi connectivity index (χ0) is 24.7. The van der Waals surface area contributed by atoms with Crippen LogP contribution >= 0.6 is 0 Å². The fourth-order valence-corrected chi connectivity index (χ4v) is 4.79. The summed E-state index contributed by atoms with van der Waals surface area (Å²) in [6.45, 7) is 2.57. The van der Waals surface area contributed by atoms with E-state index in [-0.39, 0.29) is 23.7 Å². The van der Waals surface area contributed by atoms with Crippen molar-refractivity contribution in [1.29, 1.82) is 0 Å². The number of aromatic amines is 1. The second kappa shape index (κ2) is 8.79. The standard InChI is InChI=1S/C27H24N2O6/c1-15-12-23(30)25(32)26(35-15)20(16-6-8-17(9-7-16)27(33)34)13-24(31)29-11-10-19-18-4-2-3-5-21(18)28-22(19)14-29/h2-9,12,20,28,32H,10-11,13-14H2,1H3,(H,33,34)/t20-/m1/s1. The van der Waals surface area contributed by atoms with Gasteiger partial charge >= 0.3 is 5.97 Å². The molecule has 2 aromatic heterocycles. The molecule has 0 saturated heterocycles. The molecular weight excluding hydrogens is 448 g/mol. The van der Waals surface area contributed by atoms with E-state index in [2.05, 4.69) is 11.1 Å². The Bertz CT molecular complexity index is 1500. The number of aryl methyl sites for hydroxylation is 1. The summed E-state index contributed by atoms with van der Waals surface area (Å²) in [5.74, 6) is -2.24. The van der Waals surface area contributed by atoms with Gasteiger partial charge in [-0.1, -0.05) is 30.3 Å². The quantitative estimate of drug-likeness (QED) is 0.404. The maximum absolute atomic E-state index is 13.5. The van der Waals surface area contributed by atoms with Crippen molar-refractivity contribution in [2.45, 2.75) is 32.2 Å². The zero-order valence-corrected chi connectivity index (χ0v) is 19.1. The Morgan fingerprint density at radius 2 is 1.89 bits per heavy atom. The third-order valence-electron chi connectivity index (χ3n) is 6.56. The first-order valence-electron chi connectivity index (χ1n) is 11.3. The molecule has 0 unspecified atom stereocenters. The number of aromatic nitrogens is 1.